The molecule has 1 N–H and O–H groups in total. The van der Waals surface area contributed by atoms with Gasteiger partial charge in [-0.15, -0.1) is 0 Å². The van der Waals surface area contributed by atoms with Crippen molar-refractivity contribution < 1.29 is 9.13 Å². The van der Waals surface area contributed by atoms with Crippen LogP contribution in [0.15, 0.2) is 6.20 Å². The number of rotatable bonds is 4. The zero-order chi connectivity index (χ0) is 11.7. The van der Waals surface area contributed by atoms with Crippen LogP contribution in [0.1, 0.15) is 25.1 Å². The van der Waals surface area contributed by atoms with E-state index in [1.165, 1.54) is 6.20 Å². The molecule has 1 saturated carbocycles. The normalized spacial score (nSPS) is 23.9. The van der Waals surface area contributed by atoms with Crippen LogP contribution < -0.4 is 10.1 Å². The summed E-state index contributed by atoms with van der Waals surface area (Å²) < 4.78 is 18.8. The molecular formula is C12H16FN3O. The summed E-state index contributed by atoms with van der Waals surface area (Å²) in [6, 6.07) is 0. The zero-order valence-corrected chi connectivity index (χ0v) is 9.66. The van der Waals surface area contributed by atoms with Crippen LogP contribution in [0.4, 0.5) is 4.39 Å². The number of ether oxygens (including phenoxy) is 1. The van der Waals surface area contributed by atoms with Crippen molar-refractivity contribution >= 4 is 0 Å². The van der Waals surface area contributed by atoms with E-state index in [1.54, 1.807) is 0 Å². The molecule has 1 saturated heterocycles. The quantitative estimate of drug-likeness (QED) is 0.857. The van der Waals surface area contributed by atoms with Gasteiger partial charge in [0.1, 0.15) is 11.9 Å². The molecule has 1 aromatic heterocycles. The Morgan fingerprint density at radius 3 is 3.00 bits per heavy atom. The van der Waals surface area contributed by atoms with Gasteiger partial charge in [0.05, 0.1) is 6.20 Å². The largest absolute Gasteiger partial charge is 0.472 e. The Balaban J connectivity index is 1.70. The molecular weight excluding hydrogens is 221 g/mol. The Bertz CT molecular complexity index is 403. The number of aromatic nitrogens is 2. The third-order valence-corrected chi connectivity index (χ3v) is 3.20. The van der Waals surface area contributed by atoms with Crippen molar-refractivity contribution in [1.82, 2.24) is 15.3 Å². The van der Waals surface area contributed by atoms with E-state index < -0.39 is 5.82 Å². The standard InChI is InChI=1S/C12H16FN3O/c13-10-7-15-11(5-8-3-4-14-6-8)16-12(10)17-9-1-2-9/h7-9,14H,1-6H2. The first kappa shape index (κ1) is 10.9. The van der Waals surface area contributed by atoms with E-state index in [-0.39, 0.29) is 12.0 Å². The highest BCUT2D eigenvalue weighted by Gasteiger charge is 2.26. The Morgan fingerprint density at radius 1 is 1.41 bits per heavy atom. The van der Waals surface area contributed by atoms with Crippen LogP contribution in [-0.4, -0.2) is 29.2 Å². The number of nitrogens with zero attached hydrogens (tertiary/aromatic N) is 2. The van der Waals surface area contributed by atoms with Gasteiger partial charge in [-0.1, -0.05) is 0 Å². The van der Waals surface area contributed by atoms with Gasteiger partial charge in [-0.05, 0) is 38.3 Å². The van der Waals surface area contributed by atoms with Crippen molar-refractivity contribution in [2.45, 2.75) is 31.8 Å². The van der Waals surface area contributed by atoms with Crippen molar-refractivity contribution in [1.29, 1.82) is 0 Å². The Labute approximate surface area is 99.6 Å². The van der Waals surface area contributed by atoms with Gasteiger partial charge in [0.15, 0.2) is 0 Å². The molecule has 2 fully saturated rings. The lowest BCUT2D eigenvalue weighted by molar-refractivity contribution is 0.272. The number of hydrogen-bond donors (Lipinski definition) is 1. The summed E-state index contributed by atoms with van der Waals surface area (Å²) in [6.45, 7) is 2.05. The van der Waals surface area contributed by atoms with Crippen molar-refractivity contribution in [2.24, 2.45) is 5.92 Å². The predicted molar refractivity (Wildman–Crippen MR) is 60.3 cm³/mol. The molecule has 0 radical (unpaired) electrons. The summed E-state index contributed by atoms with van der Waals surface area (Å²) in [5.41, 5.74) is 0. The fourth-order valence-corrected chi connectivity index (χ4v) is 2.06. The molecule has 5 heteroatoms. The average molecular weight is 237 g/mol. The van der Waals surface area contributed by atoms with Gasteiger partial charge in [0.25, 0.3) is 5.88 Å². The van der Waals surface area contributed by atoms with Gasteiger partial charge in [0.2, 0.25) is 5.82 Å². The van der Waals surface area contributed by atoms with Crippen LogP contribution in [-0.2, 0) is 6.42 Å². The van der Waals surface area contributed by atoms with Crippen LogP contribution in [0.25, 0.3) is 0 Å². The monoisotopic (exact) mass is 237 g/mol. The number of hydrogen-bond acceptors (Lipinski definition) is 4. The molecule has 1 atom stereocenters. The zero-order valence-electron chi connectivity index (χ0n) is 9.66. The van der Waals surface area contributed by atoms with Gasteiger partial charge in [-0.2, -0.15) is 9.37 Å². The fraction of sp³-hybridized carbons (Fsp3) is 0.667. The SMILES string of the molecule is Fc1cnc(CC2CCNC2)nc1OC1CC1. The second-order valence-electron chi connectivity index (χ2n) is 4.82. The molecule has 0 bridgehead atoms. The van der Waals surface area contributed by atoms with E-state index in [1.807, 2.05) is 0 Å². The van der Waals surface area contributed by atoms with E-state index >= 15 is 0 Å². The summed E-state index contributed by atoms with van der Waals surface area (Å²) in [5.74, 6) is 0.929. The molecule has 3 rings (SSSR count). The molecule has 4 nitrogen and oxygen atoms in total. The molecule has 1 aromatic rings. The first-order chi connectivity index (χ1) is 8.31. The topological polar surface area (TPSA) is 47.0 Å². The van der Waals surface area contributed by atoms with Gasteiger partial charge in [0, 0.05) is 6.42 Å². The lowest BCUT2D eigenvalue weighted by atomic mass is 10.0. The van der Waals surface area contributed by atoms with E-state index in [9.17, 15) is 4.39 Å². The van der Waals surface area contributed by atoms with Crippen molar-refractivity contribution in [3.8, 4) is 5.88 Å². The first-order valence-corrected chi connectivity index (χ1v) is 6.20. The summed E-state index contributed by atoms with van der Waals surface area (Å²) in [7, 11) is 0. The van der Waals surface area contributed by atoms with E-state index in [2.05, 4.69) is 15.3 Å². The average Bonchev–Trinajstić information content (AvgIpc) is 2.98. The minimum atomic E-state index is -0.454. The van der Waals surface area contributed by atoms with Gasteiger partial charge >= 0.3 is 0 Å². The minimum Gasteiger partial charge on any atom is -0.472 e. The lowest BCUT2D eigenvalue weighted by Gasteiger charge is -2.09. The molecule has 92 valence electrons. The molecule has 0 aromatic carbocycles. The number of nitrogens with one attached hydrogen (secondary N) is 1. The Kier molecular flexibility index (Phi) is 2.93. The summed E-state index contributed by atoms with van der Waals surface area (Å²) in [6.07, 6.45) is 5.34. The van der Waals surface area contributed by atoms with Gasteiger partial charge in [-0.3, -0.25) is 0 Å². The fourth-order valence-electron chi connectivity index (χ4n) is 2.06. The molecule has 17 heavy (non-hydrogen) atoms. The maximum Gasteiger partial charge on any atom is 0.254 e. The van der Waals surface area contributed by atoms with E-state index in [0.29, 0.717) is 11.7 Å². The third kappa shape index (κ3) is 2.72. The summed E-state index contributed by atoms with van der Waals surface area (Å²) in [5, 5.41) is 3.30. The first-order valence-electron chi connectivity index (χ1n) is 6.20. The Morgan fingerprint density at radius 2 is 2.29 bits per heavy atom. The van der Waals surface area contributed by atoms with Crippen LogP contribution >= 0.6 is 0 Å². The minimum absolute atomic E-state index is 0.128. The van der Waals surface area contributed by atoms with E-state index in [0.717, 1.165) is 38.8 Å². The smallest absolute Gasteiger partial charge is 0.254 e. The van der Waals surface area contributed by atoms with Crippen molar-refractivity contribution in [3.63, 3.8) is 0 Å². The highest BCUT2D eigenvalue weighted by Crippen LogP contribution is 2.27. The molecule has 1 aliphatic heterocycles. The maximum absolute atomic E-state index is 13.4. The molecule has 1 aliphatic carbocycles. The second kappa shape index (κ2) is 4.56. The number of halogens is 1. The molecule has 0 amide bonds. The third-order valence-electron chi connectivity index (χ3n) is 3.20. The predicted octanol–water partition coefficient (Wildman–Crippen LogP) is 1.31. The molecule has 0 spiro atoms. The van der Waals surface area contributed by atoms with Crippen LogP contribution in [0, 0.1) is 11.7 Å². The maximum atomic E-state index is 13.4. The van der Waals surface area contributed by atoms with Crippen LogP contribution in [0.3, 0.4) is 0 Å². The Hall–Kier alpha value is -1.23. The highest BCUT2D eigenvalue weighted by atomic mass is 19.1. The van der Waals surface area contributed by atoms with Crippen molar-refractivity contribution in [3.05, 3.63) is 17.8 Å². The van der Waals surface area contributed by atoms with E-state index in [4.69, 9.17) is 4.74 Å². The lowest BCUT2D eigenvalue weighted by Crippen LogP contribution is -2.13. The highest BCUT2D eigenvalue weighted by molar-refractivity contribution is 5.13. The molecule has 1 unspecified atom stereocenters. The van der Waals surface area contributed by atoms with Crippen LogP contribution in [0.5, 0.6) is 5.88 Å². The summed E-state index contributed by atoms with van der Waals surface area (Å²) in [4.78, 5) is 8.22. The summed E-state index contributed by atoms with van der Waals surface area (Å²) >= 11 is 0. The van der Waals surface area contributed by atoms with Gasteiger partial charge < -0.3 is 10.1 Å². The molecule has 2 aliphatic rings. The van der Waals surface area contributed by atoms with Gasteiger partial charge in [-0.25, -0.2) is 4.98 Å². The molecule has 2 heterocycles. The second-order valence-corrected chi connectivity index (χ2v) is 4.82. The van der Waals surface area contributed by atoms with Crippen molar-refractivity contribution in [2.75, 3.05) is 13.1 Å². The van der Waals surface area contributed by atoms with Crippen LogP contribution in [0.2, 0.25) is 0 Å².